The Kier molecular flexibility index (Phi) is 3.25. The molecular weight excluding hydrogens is 233 g/mol. The summed E-state index contributed by atoms with van der Waals surface area (Å²) in [5, 5.41) is 0. The summed E-state index contributed by atoms with van der Waals surface area (Å²) in [7, 11) is 0. The number of nitrogen functional groups attached to an aromatic ring is 2. The van der Waals surface area contributed by atoms with Gasteiger partial charge in [0.2, 0.25) is 0 Å². The first kappa shape index (κ1) is 12.1. The van der Waals surface area contributed by atoms with Crippen molar-refractivity contribution in [3.05, 3.63) is 53.8 Å². The number of hydrogen-bond donors (Lipinski definition) is 3. The summed E-state index contributed by atoms with van der Waals surface area (Å²) in [4.78, 5) is 11.7. The Hall–Kier alpha value is -2.40. The van der Waals surface area contributed by atoms with Crippen molar-refractivity contribution in [1.29, 1.82) is 0 Å². The number of nitrogens with one attached hydrogen (secondary N) is 1. The number of rotatable bonds is 2. The molecule has 0 heterocycles. The van der Waals surface area contributed by atoms with Crippen LogP contribution in [0.4, 0.5) is 10.1 Å². The molecule has 0 saturated heterocycles. The van der Waals surface area contributed by atoms with Crippen LogP contribution in [0.2, 0.25) is 0 Å². The van der Waals surface area contributed by atoms with Gasteiger partial charge in [0.05, 0.1) is 5.56 Å². The van der Waals surface area contributed by atoms with Crippen LogP contribution in [-0.2, 0) is 0 Å². The van der Waals surface area contributed by atoms with E-state index in [0.29, 0.717) is 16.8 Å². The molecule has 0 aliphatic rings. The second kappa shape index (κ2) is 4.85. The lowest BCUT2D eigenvalue weighted by Gasteiger charge is -2.11. The zero-order valence-electron chi connectivity index (χ0n) is 9.48. The summed E-state index contributed by atoms with van der Waals surface area (Å²) in [6.07, 6.45) is 0. The van der Waals surface area contributed by atoms with Gasteiger partial charge in [0.15, 0.2) is 0 Å². The van der Waals surface area contributed by atoms with E-state index in [9.17, 15) is 9.18 Å². The maximum Gasteiger partial charge on any atom is 0.267 e. The van der Waals surface area contributed by atoms with Crippen LogP contribution in [0.1, 0.15) is 10.4 Å². The summed E-state index contributed by atoms with van der Waals surface area (Å²) in [5.74, 6) is 4.31. The first-order valence-corrected chi connectivity index (χ1v) is 5.29. The molecule has 0 aromatic heterocycles. The maximum atomic E-state index is 12.9. The van der Waals surface area contributed by atoms with Gasteiger partial charge in [-0.05, 0) is 29.3 Å². The van der Waals surface area contributed by atoms with E-state index in [1.165, 1.54) is 12.1 Å². The molecule has 0 spiro atoms. The van der Waals surface area contributed by atoms with E-state index in [1.807, 2.05) is 0 Å². The SMILES string of the molecule is NNC(=O)c1c(N)cccc1-c1ccc(F)cc1. The zero-order valence-corrected chi connectivity index (χ0v) is 9.48. The summed E-state index contributed by atoms with van der Waals surface area (Å²) >= 11 is 0. The lowest BCUT2D eigenvalue weighted by atomic mass is 9.98. The minimum atomic E-state index is -0.479. The Morgan fingerprint density at radius 1 is 1.11 bits per heavy atom. The van der Waals surface area contributed by atoms with E-state index in [-0.39, 0.29) is 11.4 Å². The number of carbonyl (C=O) groups excluding carboxylic acids is 1. The van der Waals surface area contributed by atoms with Crippen molar-refractivity contribution >= 4 is 11.6 Å². The molecule has 2 aromatic carbocycles. The molecule has 0 aliphatic heterocycles. The van der Waals surface area contributed by atoms with Crippen LogP contribution < -0.4 is 17.0 Å². The van der Waals surface area contributed by atoms with E-state index >= 15 is 0 Å². The highest BCUT2D eigenvalue weighted by molar-refractivity contribution is 6.05. The van der Waals surface area contributed by atoms with Gasteiger partial charge in [0, 0.05) is 5.69 Å². The van der Waals surface area contributed by atoms with Crippen LogP contribution in [-0.4, -0.2) is 5.91 Å². The van der Waals surface area contributed by atoms with Crippen LogP contribution in [0.5, 0.6) is 0 Å². The zero-order chi connectivity index (χ0) is 13.1. The largest absolute Gasteiger partial charge is 0.398 e. The Balaban J connectivity index is 2.60. The fourth-order valence-electron chi connectivity index (χ4n) is 1.77. The maximum absolute atomic E-state index is 12.9. The van der Waals surface area contributed by atoms with Gasteiger partial charge in [-0.3, -0.25) is 10.2 Å². The normalized spacial score (nSPS) is 10.1. The fourth-order valence-corrected chi connectivity index (χ4v) is 1.77. The minimum absolute atomic E-state index is 0.284. The van der Waals surface area contributed by atoms with Crippen LogP contribution in [0.3, 0.4) is 0 Å². The molecule has 0 fully saturated rings. The Labute approximate surface area is 103 Å². The van der Waals surface area contributed by atoms with Crippen LogP contribution in [0.15, 0.2) is 42.5 Å². The highest BCUT2D eigenvalue weighted by Gasteiger charge is 2.14. The Morgan fingerprint density at radius 2 is 1.78 bits per heavy atom. The second-order valence-electron chi connectivity index (χ2n) is 3.75. The molecule has 18 heavy (non-hydrogen) atoms. The molecule has 0 saturated carbocycles. The van der Waals surface area contributed by atoms with Crippen molar-refractivity contribution in [1.82, 2.24) is 5.43 Å². The molecular formula is C13H12FN3O. The molecule has 0 unspecified atom stereocenters. The molecule has 5 heteroatoms. The average molecular weight is 245 g/mol. The number of hydrazine groups is 1. The quantitative estimate of drug-likeness (QED) is 0.326. The monoisotopic (exact) mass is 245 g/mol. The summed E-state index contributed by atoms with van der Waals surface area (Å²) in [6, 6.07) is 10.9. The van der Waals surface area contributed by atoms with E-state index < -0.39 is 5.91 Å². The van der Waals surface area contributed by atoms with E-state index in [1.54, 1.807) is 30.3 Å². The highest BCUT2D eigenvalue weighted by Crippen LogP contribution is 2.27. The smallest absolute Gasteiger partial charge is 0.267 e. The Bertz CT molecular complexity index is 581. The van der Waals surface area contributed by atoms with Crippen molar-refractivity contribution in [3.63, 3.8) is 0 Å². The van der Waals surface area contributed by atoms with E-state index in [0.717, 1.165) is 0 Å². The number of carbonyl (C=O) groups is 1. The highest BCUT2D eigenvalue weighted by atomic mass is 19.1. The summed E-state index contributed by atoms with van der Waals surface area (Å²) in [5.41, 5.74) is 9.73. The van der Waals surface area contributed by atoms with Gasteiger partial charge < -0.3 is 5.73 Å². The number of hydrogen-bond acceptors (Lipinski definition) is 3. The van der Waals surface area contributed by atoms with Gasteiger partial charge in [-0.1, -0.05) is 24.3 Å². The number of halogens is 1. The third-order valence-electron chi connectivity index (χ3n) is 2.61. The standard InChI is InChI=1S/C13H12FN3O/c14-9-6-4-8(5-7-9)10-2-1-3-11(15)12(10)13(18)17-16/h1-7H,15-16H2,(H,17,18). The second-order valence-corrected chi connectivity index (χ2v) is 3.75. The molecule has 92 valence electrons. The third-order valence-corrected chi connectivity index (χ3v) is 2.61. The van der Waals surface area contributed by atoms with Gasteiger partial charge in [-0.2, -0.15) is 0 Å². The number of anilines is 1. The number of nitrogens with two attached hydrogens (primary N) is 2. The van der Waals surface area contributed by atoms with Crippen LogP contribution in [0, 0.1) is 5.82 Å². The predicted octanol–water partition coefficient (Wildman–Crippen LogP) is 1.68. The lowest BCUT2D eigenvalue weighted by molar-refractivity contribution is 0.0955. The van der Waals surface area contributed by atoms with Crippen molar-refractivity contribution < 1.29 is 9.18 Å². The molecule has 0 atom stereocenters. The first-order chi connectivity index (χ1) is 8.63. The van der Waals surface area contributed by atoms with Gasteiger partial charge in [-0.25, -0.2) is 10.2 Å². The average Bonchev–Trinajstić information content (AvgIpc) is 2.38. The summed E-state index contributed by atoms with van der Waals surface area (Å²) in [6.45, 7) is 0. The third kappa shape index (κ3) is 2.16. The van der Waals surface area contributed by atoms with E-state index in [2.05, 4.69) is 5.43 Å². The number of benzene rings is 2. The molecule has 2 rings (SSSR count). The van der Waals surface area contributed by atoms with Gasteiger partial charge in [-0.15, -0.1) is 0 Å². The van der Waals surface area contributed by atoms with Crippen molar-refractivity contribution in [2.24, 2.45) is 5.84 Å². The molecule has 0 radical (unpaired) electrons. The number of amides is 1. The Morgan fingerprint density at radius 3 is 2.39 bits per heavy atom. The lowest BCUT2D eigenvalue weighted by Crippen LogP contribution is -2.31. The van der Waals surface area contributed by atoms with Crippen LogP contribution in [0.25, 0.3) is 11.1 Å². The van der Waals surface area contributed by atoms with Crippen molar-refractivity contribution in [2.45, 2.75) is 0 Å². The minimum Gasteiger partial charge on any atom is -0.398 e. The molecule has 0 bridgehead atoms. The van der Waals surface area contributed by atoms with Crippen LogP contribution >= 0.6 is 0 Å². The molecule has 5 N–H and O–H groups in total. The molecule has 4 nitrogen and oxygen atoms in total. The molecule has 2 aromatic rings. The van der Waals surface area contributed by atoms with Crippen molar-refractivity contribution in [3.8, 4) is 11.1 Å². The topological polar surface area (TPSA) is 81.1 Å². The van der Waals surface area contributed by atoms with Gasteiger partial charge in [0.1, 0.15) is 5.82 Å². The van der Waals surface area contributed by atoms with Gasteiger partial charge in [0.25, 0.3) is 5.91 Å². The van der Waals surface area contributed by atoms with E-state index in [4.69, 9.17) is 11.6 Å². The molecule has 0 aliphatic carbocycles. The first-order valence-electron chi connectivity index (χ1n) is 5.29. The fraction of sp³-hybridized carbons (Fsp3) is 0. The van der Waals surface area contributed by atoms with Gasteiger partial charge >= 0.3 is 0 Å². The summed E-state index contributed by atoms with van der Waals surface area (Å²) < 4.78 is 12.9. The predicted molar refractivity (Wildman–Crippen MR) is 67.9 cm³/mol. The molecule has 1 amide bonds. The van der Waals surface area contributed by atoms with Crippen molar-refractivity contribution in [2.75, 3.05) is 5.73 Å².